The Balaban J connectivity index is 2.07. The molecule has 2 unspecified atom stereocenters. The van der Waals surface area contributed by atoms with Crippen LogP contribution in [0.15, 0.2) is 0 Å². The van der Waals surface area contributed by atoms with Crippen molar-refractivity contribution < 1.29 is 14.7 Å². The van der Waals surface area contributed by atoms with E-state index >= 15 is 0 Å². The third kappa shape index (κ3) is 2.12. The molecule has 0 aromatic rings. The van der Waals surface area contributed by atoms with E-state index in [4.69, 9.17) is 5.11 Å². The van der Waals surface area contributed by atoms with Gasteiger partial charge in [0.2, 0.25) is 5.91 Å². The lowest BCUT2D eigenvalue weighted by atomic mass is 10.1. The largest absolute Gasteiger partial charge is 0.480 e. The van der Waals surface area contributed by atoms with Crippen LogP contribution in [0.1, 0.15) is 19.3 Å². The molecule has 0 radical (unpaired) electrons. The minimum Gasteiger partial charge on any atom is -0.480 e. The van der Waals surface area contributed by atoms with E-state index in [2.05, 4.69) is 12.6 Å². The molecular formula is C10H15NO3S. The van der Waals surface area contributed by atoms with Crippen molar-refractivity contribution in [3.8, 4) is 0 Å². The van der Waals surface area contributed by atoms with Crippen molar-refractivity contribution in [2.24, 2.45) is 11.8 Å². The first-order valence-electron chi connectivity index (χ1n) is 5.26. The van der Waals surface area contributed by atoms with Gasteiger partial charge in [0, 0.05) is 13.0 Å². The van der Waals surface area contributed by atoms with E-state index in [0.29, 0.717) is 18.7 Å². The molecule has 1 aliphatic carbocycles. The minimum atomic E-state index is -0.856. The Kier molecular flexibility index (Phi) is 2.91. The molecule has 2 atom stereocenters. The van der Waals surface area contributed by atoms with Crippen LogP contribution in [0.5, 0.6) is 0 Å². The molecule has 2 rings (SSSR count). The lowest BCUT2D eigenvalue weighted by molar-refractivity contribution is -0.149. The van der Waals surface area contributed by atoms with Crippen LogP contribution in [-0.4, -0.2) is 40.2 Å². The first-order valence-corrected chi connectivity index (χ1v) is 5.90. The van der Waals surface area contributed by atoms with Crippen LogP contribution in [0.4, 0.5) is 0 Å². The first-order chi connectivity index (χ1) is 7.13. The van der Waals surface area contributed by atoms with Crippen molar-refractivity contribution in [2.75, 3.05) is 12.3 Å². The van der Waals surface area contributed by atoms with Crippen molar-refractivity contribution in [3.63, 3.8) is 0 Å². The average Bonchev–Trinajstić information content (AvgIpc) is 2.92. The molecule has 0 aromatic carbocycles. The SMILES string of the molecule is O=C(O)C(C1CC1)N1CC(CS)CC1=O. The number of thiol groups is 1. The van der Waals surface area contributed by atoms with Gasteiger partial charge in [-0.05, 0) is 30.4 Å². The summed E-state index contributed by atoms with van der Waals surface area (Å²) in [6, 6.07) is -0.581. The fourth-order valence-electron chi connectivity index (χ4n) is 2.20. The van der Waals surface area contributed by atoms with Gasteiger partial charge in [0.15, 0.2) is 0 Å². The van der Waals surface area contributed by atoms with Gasteiger partial charge >= 0.3 is 5.97 Å². The number of carbonyl (C=O) groups excluding carboxylic acids is 1. The third-order valence-corrected chi connectivity index (χ3v) is 3.67. The Morgan fingerprint density at radius 2 is 2.27 bits per heavy atom. The molecule has 1 heterocycles. The molecule has 1 amide bonds. The maximum Gasteiger partial charge on any atom is 0.326 e. The minimum absolute atomic E-state index is 0.0200. The van der Waals surface area contributed by atoms with Crippen molar-refractivity contribution in [2.45, 2.75) is 25.3 Å². The third-order valence-electron chi connectivity index (χ3n) is 3.15. The van der Waals surface area contributed by atoms with E-state index in [1.165, 1.54) is 0 Å². The van der Waals surface area contributed by atoms with Gasteiger partial charge in [0.1, 0.15) is 6.04 Å². The van der Waals surface area contributed by atoms with Crippen LogP contribution in [-0.2, 0) is 9.59 Å². The number of rotatable bonds is 4. The average molecular weight is 229 g/mol. The molecule has 5 heteroatoms. The van der Waals surface area contributed by atoms with Crippen LogP contribution >= 0.6 is 12.6 Å². The van der Waals surface area contributed by atoms with Gasteiger partial charge in [0.25, 0.3) is 0 Å². The quantitative estimate of drug-likeness (QED) is 0.695. The van der Waals surface area contributed by atoms with Crippen molar-refractivity contribution in [3.05, 3.63) is 0 Å². The Morgan fingerprint density at radius 3 is 2.67 bits per heavy atom. The van der Waals surface area contributed by atoms with Crippen molar-refractivity contribution in [1.82, 2.24) is 4.90 Å². The Hall–Kier alpha value is -0.710. The second-order valence-corrected chi connectivity index (χ2v) is 4.78. The number of aliphatic carboxylic acids is 1. The summed E-state index contributed by atoms with van der Waals surface area (Å²) in [6.07, 6.45) is 2.33. The number of hydrogen-bond donors (Lipinski definition) is 2. The predicted molar refractivity (Wildman–Crippen MR) is 57.8 cm³/mol. The topological polar surface area (TPSA) is 57.6 Å². The highest BCUT2D eigenvalue weighted by Gasteiger charge is 2.45. The van der Waals surface area contributed by atoms with Crippen molar-refractivity contribution >= 4 is 24.5 Å². The standard InChI is InChI=1S/C10H15NO3S/c12-8-3-6(5-15)4-11(8)9(10(13)14)7-1-2-7/h6-7,9,15H,1-5H2,(H,13,14). The zero-order chi connectivity index (χ0) is 11.0. The van der Waals surface area contributed by atoms with Crippen LogP contribution in [0, 0.1) is 11.8 Å². The lowest BCUT2D eigenvalue weighted by Crippen LogP contribution is -2.43. The van der Waals surface area contributed by atoms with Crippen LogP contribution in [0.3, 0.4) is 0 Å². The van der Waals surface area contributed by atoms with Crippen LogP contribution in [0.2, 0.25) is 0 Å². The lowest BCUT2D eigenvalue weighted by Gasteiger charge is -2.24. The first kappa shape index (κ1) is 10.8. The molecule has 0 spiro atoms. The molecule has 1 N–H and O–H groups in total. The van der Waals surface area contributed by atoms with Gasteiger partial charge in [0.05, 0.1) is 0 Å². The van der Waals surface area contributed by atoms with Gasteiger partial charge in [-0.15, -0.1) is 0 Å². The number of amides is 1. The molecule has 2 aliphatic rings. The summed E-state index contributed by atoms with van der Waals surface area (Å²) in [4.78, 5) is 24.3. The van der Waals surface area contributed by atoms with Gasteiger partial charge in [-0.3, -0.25) is 4.79 Å². The molecule has 0 bridgehead atoms. The summed E-state index contributed by atoms with van der Waals surface area (Å²) < 4.78 is 0. The van der Waals surface area contributed by atoms with E-state index in [9.17, 15) is 9.59 Å². The summed E-state index contributed by atoms with van der Waals surface area (Å²) >= 11 is 4.16. The molecule has 15 heavy (non-hydrogen) atoms. The molecule has 1 saturated heterocycles. The summed E-state index contributed by atoms with van der Waals surface area (Å²) in [5, 5.41) is 9.11. The summed E-state index contributed by atoms with van der Waals surface area (Å²) in [7, 11) is 0. The predicted octanol–water partition coefficient (Wildman–Crippen LogP) is 0.628. The summed E-state index contributed by atoms with van der Waals surface area (Å²) in [6.45, 7) is 0.565. The second kappa shape index (κ2) is 4.04. The van der Waals surface area contributed by atoms with Gasteiger partial charge in [-0.25, -0.2) is 4.79 Å². The van der Waals surface area contributed by atoms with Gasteiger partial charge in [-0.1, -0.05) is 0 Å². The van der Waals surface area contributed by atoms with E-state index in [1.54, 1.807) is 4.90 Å². The van der Waals surface area contributed by atoms with E-state index in [1.807, 2.05) is 0 Å². The summed E-state index contributed by atoms with van der Waals surface area (Å²) in [5.74, 6) is 0.185. The zero-order valence-corrected chi connectivity index (χ0v) is 9.32. The normalized spacial score (nSPS) is 28.2. The van der Waals surface area contributed by atoms with Crippen LogP contribution < -0.4 is 0 Å². The van der Waals surface area contributed by atoms with E-state index < -0.39 is 12.0 Å². The zero-order valence-electron chi connectivity index (χ0n) is 8.43. The molecule has 2 fully saturated rings. The molecule has 1 saturated carbocycles. The van der Waals surface area contributed by atoms with Crippen LogP contribution in [0.25, 0.3) is 0 Å². The number of carbonyl (C=O) groups is 2. The highest BCUT2D eigenvalue weighted by Crippen LogP contribution is 2.37. The maximum absolute atomic E-state index is 11.7. The highest BCUT2D eigenvalue weighted by atomic mass is 32.1. The van der Waals surface area contributed by atoms with E-state index in [0.717, 1.165) is 12.8 Å². The number of carboxylic acids is 1. The fourth-order valence-corrected chi connectivity index (χ4v) is 2.45. The van der Waals surface area contributed by atoms with E-state index in [-0.39, 0.29) is 17.7 Å². The molecule has 1 aliphatic heterocycles. The highest BCUT2D eigenvalue weighted by molar-refractivity contribution is 7.80. The molecule has 0 aromatic heterocycles. The Bertz CT molecular complexity index is 290. The van der Waals surface area contributed by atoms with Gasteiger partial charge in [-0.2, -0.15) is 12.6 Å². The Morgan fingerprint density at radius 1 is 1.60 bits per heavy atom. The number of carboxylic acid groups (broad SMARTS) is 1. The van der Waals surface area contributed by atoms with Crippen molar-refractivity contribution in [1.29, 1.82) is 0 Å². The smallest absolute Gasteiger partial charge is 0.326 e. The second-order valence-electron chi connectivity index (χ2n) is 4.42. The Labute approximate surface area is 94.0 Å². The number of likely N-dealkylation sites (tertiary alicyclic amines) is 1. The number of hydrogen-bond acceptors (Lipinski definition) is 3. The number of nitrogens with zero attached hydrogens (tertiary/aromatic N) is 1. The summed E-state index contributed by atoms with van der Waals surface area (Å²) in [5.41, 5.74) is 0. The van der Waals surface area contributed by atoms with Gasteiger partial charge < -0.3 is 10.0 Å². The maximum atomic E-state index is 11.7. The monoisotopic (exact) mass is 229 g/mol. The molecule has 84 valence electrons. The molecule has 4 nitrogen and oxygen atoms in total. The fraction of sp³-hybridized carbons (Fsp3) is 0.800. The molecular weight excluding hydrogens is 214 g/mol.